The third kappa shape index (κ3) is 2.85. The zero-order valence-electron chi connectivity index (χ0n) is 12.1. The number of rotatable bonds is 3. The number of aromatic nitrogens is 3. The Bertz CT molecular complexity index is 930. The molecule has 0 N–H and O–H groups in total. The molecule has 0 saturated carbocycles. The third-order valence-corrected chi connectivity index (χ3v) is 4.79. The molecular formula is C18H12BrN3S. The fourth-order valence-corrected chi connectivity index (χ4v) is 3.47. The van der Waals surface area contributed by atoms with Gasteiger partial charge in [-0.1, -0.05) is 52.3 Å². The molecule has 0 amide bonds. The predicted octanol–water partition coefficient (Wildman–Crippen LogP) is 5.43. The maximum absolute atomic E-state index is 4.78. The molecule has 0 radical (unpaired) electrons. The smallest absolute Gasteiger partial charge is 0.182 e. The summed E-state index contributed by atoms with van der Waals surface area (Å²) in [6.07, 6.45) is 0. The molecule has 0 aliphatic carbocycles. The van der Waals surface area contributed by atoms with Crippen molar-refractivity contribution in [2.75, 3.05) is 0 Å². The van der Waals surface area contributed by atoms with Gasteiger partial charge in [0.15, 0.2) is 11.6 Å². The highest BCUT2D eigenvalue weighted by Crippen LogP contribution is 2.29. The van der Waals surface area contributed by atoms with Gasteiger partial charge in [-0.3, -0.25) is 0 Å². The first kappa shape index (κ1) is 14.4. The number of hydrogen-bond donors (Lipinski definition) is 0. The second kappa shape index (κ2) is 6.10. The van der Waals surface area contributed by atoms with E-state index in [2.05, 4.69) is 27.4 Å². The van der Waals surface area contributed by atoms with E-state index in [4.69, 9.17) is 10.1 Å². The fourth-order valence-electron chi connectivity index (χ4n) is 2.38. The molecule has 0 unspecified atom stereocenters. The number of thiophene rings is 1. The van der Waals surface area contributed by atoms with Crippen LogP contribution >= 0.6 is 27.3 Å². The van der Waals surface area contributed by atoms with Crippen LogP contribution in [-0.2, 0) is 0 Å². The molecule has 2 heterocycles. The van der Waals surface area contributed by atoms with Gasteiger partial charge in [0.25, 0.3) is 0 Å². The second-order valence-electron chi connectivity index (χ2n) is 4.99. The van der Waals surface area contributed by atoms with Crippen LogP contribution in [0.1, 0.15) is 0 Å². The summed E-state index contributed by atoms with van der Waals surface area (Å²) in [7, 11) is 0. The van der Waals surface area contributed by atoms with E-state index in [-0.39, 0.29) is 0 Å². The Morgan fingerprint density at radius 1 is 0.913 bits per heavy atom. The van der Waals surface area contributed by atoms with Crippen molar-refractivity contribution in [1.82, 2.24) is 14.8 Å². The summed E-state index contributed by atoms with van der Waals surface area (Å²) in [5.74, 6) is 1.58. The Labute approximate surface area is 146 Å². The molecule has 4 aromatic rings. The van der Waals surface area contributed by atoms with Crippen LogP contribution in [0.25, 0.3) is 27.8 Å². The lowest BCUT2D eigenvalue weighted by atomic mass is 10.2. The highest BCUT2D eigenvalue weighted by molar-refractivity contribution is 9.10. The average Bonchev–Trinajstić information content (AvgIpc) is 3.25. The number of para-hydroxylation sites is 1. The summed E-state index contributed by atoms with van der Waals surface area (Å²) in [6.45, 7) is 0. The van der Waals surface area contributed by atoms with E-state index in [9.17, 15) is 0 Å². The first-order chi connectivity index (χ1) is 11.3. The molecule has 0 spiro atoms. The molecule has 0 bridgehead atoms. The van der Waals surface area contributed by atoms with E-state index >= 15 is 0 Å². The van der Waals surface area contributed by atoms with Crippen molar-refractivity contribution >= 4 is 27.3 Å². The molecule has 0 aliphatic heterocycles. The van der Waals surface area contributed by atoms with Crippen LogP contribution in [0, 0.1) is 0 Å². The minimum atomic E-state index is 0.721. The molecule has 2 aromatic heterocycles. The van der Waals surface area contributed by atoms with Gasteiger partial charge in [-0.2, -0.15) is 0 Å². The number of hydrogen-bond acceptors (Lipinski definition) is 3. The van der Waals surface area contributed by atoms with Gasteiger partial charge in [0, 0.05) is 10.0 Å². The van der Waals surface area contributed by atoms with Gasteiger partial charge in [-0.25, -0.2) is 9.67 Å². The highest BCUT2D eigenvalue weighted by atomic mass is 79.9. The standard InChI is InChI=1S/C18H12BrN3S/c19-14-7-4-6-13(12-14)17-20-18(16-10-5-11-23-16)22(21-17)15-8-2-1-3-9-15/h1-12H. The van der Waals surface area contributed by atoms with Crippen LogP contribution < -0.4 is 0 Å². The molecule has 3 nitrogen and oxygen atoms in total. The van der Waals surface area contributed by atoms with Crippen molar-refractivity contribution in [2.45, 2.75) is 0 Å². The van der Waals surface area contributed by atoms with E-state index < -0.39 is 0 Å². The lowest BCUT2D eigenvalue weighted by Gasteiger charge is -2.03. The molecule has 5 heteroatoms. The van der Waals surface area contributed by atoms with Gasteiger partial charge in [-0.15, -0.1) is 16.4 Å². The Balaban J connectivity index is 1.91. The molecule has 2 aromatic carbocycles. The lowest BCUT2D eigenvalue weighted by Crippen LogP contribution is -1.98. The van der Waals surface area contributed by atoms with E-state index in [1.165, 1.54) is 0 Å². The quantitative estimate of drug-likeness (QED) is 0.473. The topological polar surface area (TPSA) is 30.7 Å². The molecule has 4 rings (SSSR count). The van der Waals surface area contributed by atoms with E-state index in [1.54, 1.807) is 11.3 Å². The Kier molecular flexibility index (Phi) is 3.81. The SMILES string of the molecule is Brc1cccc(-c2nc(-c3cccs3)n(-c3ccccc3)n2)c1. The van der Waals surface area contributed by atoms with Crippen LogP contribution in [0.3, 0.4) is 0 Å². The third-order valence-electron chi connectivity index (χ3n) is 3.43. The number of nitrogens with zero attached hydrogens (tertiary/aromatic N) is 3. The minimum absolute atomic E-state index is 0.721. The zero-order valence-corrected chi connectivity index (χ0v) is 14.5. The monoisotopic (exact) mass is 381 g/mol. The highest BCUT2D eigenvalue weighted by Gasteiger charge is 2.15. The maximum atomic E-state index is 4.78. The minimum Gasteiger partial charge on any atom is -0.212 e. The molecule has 112 valence electrons. The summed E-state index contributed by atoms with van der Waals surface area (Å²) in [4.78, 5) is 5.88. The number of benzene rings is 2. The molecule has 0 atom stereocenters. The van der Waals surface area contributed by atoms with E-state index in [1.807, 2.05) is 65.3 Å². The van der Waals surface area contributed by atoms with Crippen molar-refractivity contribution in [3.05, 3.63) is 76.6 Å². The average molecular weight is 382 g/mol. The second-order valence-corrected chi connectivity index (χ2v) is 6.86. The van der Waals surface area contributed by atoms with Crippen LogP contribution in [0.15, 0.2) is 76.6 Å². The van der Waals surface area contributed by atoms with E-state index in [0.717, 1.165) is 32.2 Å². The summed E-state index contributed by atoms with van der Waals surface area (Å²) in [5, 5.41) is 6.79. The summed E-state index contributed by atoms with van der Waals surface area (Å²) < 4.78 is 2.92. The Morgan fingerprint density at radius 2 is 1.78 bits per heavy atom. The Hall–Kier alpha value is -2.24. The fraction of sp³-hybridized carbons (Fsp3) is 0. The van der Waals surface area contributed by atoms with Crippen LogP contribution in [-0.4, -0.2) is 14.8 Å². The van der Waals surface area contributed by atoms with Gasteiger partial charge >= 0.3 is 0 Å². The van der Waals surface area contributed by atoms with Gasteiger partial charge in [0.05, 0.1) is 10.6 Å². The normalized spacial score (nSPS) is 10.8. The maximum Gasteiger partial charge on any atom is 0.182 e. The molecule has 0 aliphatic rings. The molecule has 0 saturated heterocycles. The summed E-state index contributed by atoms with van der Waals surface area (Å²) in [6, 6.07) is 22.2. The molecular weight excluding hydrogens is 370 g/mol. The number of halogens is 1. The predicted molar refractivity (Wildman–Crippen MR) is 97.8 cm³/mol. The van der Waals surface area contributed by atoms with Gasteiger partial charge in [0.1, 0.15) is 0 Å². The van der Waals surface area contributed by atoms with Crippen molar-refractivity contribution in [3.63, 3.8) is 0 Å². The molecule has 0 fully saturated rings. The van der Waals surface area contributed by atoms with E-state index in [0.29, 0.717) is 0 Å². The summed E-state index contributed by atoms with van der Waals surface area (Å²) in [5.41, 5.74) is 2.00. The molecule has 23 heavy (non-hydrogen) atoms. The van der Waals surface area contributed by atoms with Gasteiger partial charge in [0.2, 0.25) is 0 Å². The summed E-state index contributed by atoms with van der Waals surface area (Å²) >= 11 is 5.17. The van der Waals surface area contributed by atoms with Crippen LogP contribution in [0.2, 0.25) is 0 Å². The van der Waals surface area contributed by atoms with Crippen molar-refractivity contribution in [2.24, 2.45) is 0 Å². The van der Waals surface area contributed by atoms with Crippen molar-refractivity contribution < 1.29 is 0 Å². The van der Waals surface area contributed by atoms with Crippen LogP contribution in [0.5, 0.6) is 0 Å². The van der Waals surface area contributed by atoms with Crippen molar-refractivity contribution in [3.8, 4) is 27.8 Å². The van der Waals surface area contributed by atoms with Crippen LogP contribution in [0.4, 0.5) is 0 Å². The zero-order chi connectivity index (χ0) is 15.6. The first-order valence-corrected chi connectivity index (χ1v) is 8.81. The lowest BCUT2D eigenvalue weighted by molar-refractivity contribution is 0.892. The van der Waals surface area contributed by atoms with Gasteiger partial charge in [-0.05, 0) is 35.7 Å². The van der Waals surface area contributed by atoms with Crippen molar-refractivity contribution in [1.29, 1.82) is 0 Å². The largest absolute Gasteiger partial charge is 0.212 e. The first-order valence-electron chi connectivity index (χ1n) is 7.13. The Morgan fingerprint density at radius 3 is 2.52 bits per heavy atom. The van der Waals surface area contributed by atoms with Gasteiger partial charge < -0.3 is 0 Å².